The lowest BCUT2D eigenvalue weighted by atomic mass is 10.0. The summed E-state index contributed by atoms with van der Waals surface area (Å²) < 4.78 is 21.2. The summed E-state index contributed by atoms with van der Waals surface area (Å²) >= 11 is 0. The molecule has 1 unspecified atom stereocenters. The molecule has 2 aromatic carbocycles. The van der Waals surface area contributed by atoms with E-state index in [2.05, 4.69) is 0 Å². The minimum Gasteiger partial charge on any atom is -0.493 e. The van der Waals surface area contributed by atoms with Crippen LogP contribution in [0.25, 0.3) is 0 Å². The van der Waals surface area contributed by atoms with Crippen LogP contribution in [0, 0.1) is 0 Å². The molecule has 1 N–H and O–H groups in total. The quantitative estimate of drug-likeness (QED) is 0.592. The van der Waals surface area contributed by atoms with Gasteiger partial charge in [-0.05, 0) is 23.3 Å². The van der Waals surface area contributed by atoms with Crippen LogP contribution in [0.4, 0.5) is 0 Å². The van der Waals surface area contributed by atoms with E-state index < -0.39 is 18.3 Å². The molecule has 7 heteroatoms. The SMILES string of the molecule is COc1ccc(C(C(=O)O)N(Cc2ccccc2)CC(OC)OC)cc1OC. The molecule has 0 saturated heterocycles. The van der Waals surface area contributed by atoms with Gasteiger partial charge in [0.1, 0.15) is 6.04 Å². The first-order valence-electron chi connectivity index (χ1n) is 8.82. The van der Waals surface area contributed by atoms with Gasteiger partial charge in [-0.1, -0.05) is 36.4 Å². The standard InChI is InChI=1S/C21H27NO6/c1-25-17-11-10-16(12-18(17)26-2)20(21(23)24)22(14-19(27-3)28-4)13-15-8-6-5-7-9-15/h5-12,19-20H,13-14H2,1-4H3,(H,23,24). The van der Waals surface area contributed by atoms with Crippen LogP contribution >= 0.6 is 0 Å². The van der Waals surface area contributed by atoms with E-state index >= 15 is 0 Å². The van der Waals surface area contributed by atoms with Gasteiger partial charge in [0.25, 0.3) is 0 Å². The molecular weight excluding hydrogens is 362 g/mol. The highest BCUT2D eigenvalue weighted by molar-refractivity contribution is 5.76. The van der Waals surface area contributed by atoms with E-state index in [1.807, 2.05) is 30.3 Å². The predicted molar refractivity (Wildman–Crippen MR) is 105 cm³/mol. The van der Waals surface area contributed by atoms with Crippen LogP contribution in [0.3, 0.4) is 0 Å². The fourth-order valence-electron chi connectivity index (χ4n) is 3.05. The topological polar surface area (TPSA) is 77.5 Å². The maximum absolute atomic E-state index is 12.2. The summed E-state index contributed by atoms with van der Waals surface area (Å²) in [5.74, 6) is 0.0340. The number of nitrogens with zero attached hydrogens (tertiary/aromatic N) is 1. The Bertz CT molecular complexity index is 748. The zero-order valence-corrected chi connectivity index (χ0v) is 16.6. The second-order valence-corrected chi connectivity index (χ2v) is 6.17. The van der Waals surface area contributed by atoms with E-state index in [1.54, 1.807) is 23.1 Å². The molecule has 0 aliphatic heterocycles. The molecule has 0 fully saturated rings. The highest BCUT2D eigenvalue weighted by Gasteiger charge is 2.30. The third kappa shape index (κ3) is 5.45. The number of rotatable bonds is 11. The van der Waals surface area contributed by atoms with Crippen LogP contribution in [-0.2, 0) is 20.8 Å². The molecule has 28 heavy (non-hydrogen) atoms. The first-order chi connectivity index (χ1) is 13.5. The van der Waals surface area contributed by atoms with Gasteiger partial charge in [-0.25, -0.2) is 0 Å². The van der Waals surface area contributed by atoms with E-state index in [1.165, 1.54) is 28.4 Å². The maximum atomic E-state index is 12.2. The minimum absolute atomic E-state index is 0.271. The van der Waals surface area contributed by atoms with Crippen LogP contribution in [0.15, 0.2) is 48.5 Å². The molecular formula is C21H27NO6. The van der Waals surface area contributed by atoms with Gasteiger partial charge < -0.3 is 24.1 Å². The Labute approximate surface area is 165 Å². The van der Waals surface area contributed by atoms with Gasteiger partial charge in [-0.2, -0.15) is 0 Å². The van der Waals surface area contributed by atoms with Crippen LogP contribution in [0.1, 0.15) is 17.2 Å². The Morgan fingerprint density at radius 2 is 1.61 bits per heavy atom. The molecule has 7 nitrogen and oxygen atoms in total. The van der Waals surface area contributed by atoms with Crippen molar-refractivity contribution < 1.29 is 28.8 Å². The lowest BCUT2D eigenvalue weighted by molar-refractivity contribution is -0.150. The molecule has 0 aromatic heterocycles. The van der Waals surface area contributed by atoms with Crippen molar-refractivity contribution in [3.05, 3.63) is 59.7 Å². The maximum Gasteiger partial charge on any atom is 0.325 e. The first kappa shape index (κ1) is 21.7. The monoisotopic (exact) mass is 389 g/mol. The third-order valence-electron chi connectivity index (χ3n) is 4.46. The number of ether oxygens (including phenoxy) is 4. The Morgan fingerprint density at radius 3 is 2.14 bits per heavy atom. The van der Waals surface area contributed by atoms with Crippen molar-refractivity contribution in [2.24, 2.45) is 0 Å². The summed E-state index contributed by atoms with van der Waals surface area (Å²) in [7, 11) is 6.11. The van der Waals surface area contributed by atoms with E-state index in [0.29, 0.717) is 23.6 Å². The number of hydrogen-bond acceptors (Lipinski definition) is 6. The predicted octanol–water partition coefficient (Wildman–Crippen LogP) is 2.95. The van der Waals surface area contributed by atoms with E-state index in [-0.39, 0.29) is 6.54 Å². The van der Waals surface area contributed by atoms with Crippen LogP contribution in [0.2, 0.25) is 0 Å². The molecule has 0 heterocycles. The summed E-state index contributed by atoms with van der Waals surface area (Å²) in [5.41, 5.74) is 1.56. The number of methoxy groups -OCH3 is 4. The van der Waals surface area contributed by atoms with Crippen molar-refractivity contribution in [2.75, 3.05) is 35.0 Å². The van der Waals surface area contributed by atoms with Crippen LogP contribution in [-0.4, -0.2) is 57.2 Å². The highest BCUT2D eigenvalue weighted by atomic mass is 16.7. The smallest absolute Gasteiger partial charge is 0.325 e. The van der Waals surface area contributed by atoms with Crippen molar-refractivity contribution in [3.8, 4) is 11.5 Å². The number of carboxylic acid groups (broad SMARTS) is 1. The normalized spacial score (nSPS) is 12.2. The molecule has 2 rings (SSSR count). The Morgan fingerprint density at radius 1 is 0.964 bits per heavy atom. The molecule has 2 aromatic rings. The van der Waals surface area contributed by atoms with Crippen LogP contribution in [0.5, 0.6) is 11.5 Å². The number of aliphatic carboxylic acids is 1. The van der Waals surface area contributed by atoms with Crippen molar-refractivity contribution in [2.45, 2.75) is 18.9 Å². The molecule has 0 radical (unpaired) electrons. The van der Waals surface area contributed by atoms with Crippen molar-refractivity contribution in [3.63, 3.8) is 0 Å². The van der Waals surface area contributed by atoms with E-state index in [4.69, 9.17) is 18.9 Å². The Kier molecular flexibility index (Phi) is 8.25. The van der Waals surface area contributed by atoms with Crippen molar-refractivity contribution >= 4 is 5.97 Å². The number of carboxylic acids is 1. The van der Waals surface area contributed by atoms with E-state index in [0.717, 1.165) is 5.56 Å². The van der Waals surface area contributed by atoms with Gasteiger partial charge >= 0.3 is 5.97 Å². The molecule has 0 bridgehead atoms. The third-order valence-corrected chi connectivity index (χ3v) is 4.46. The molecule has 152 valence electrons. The first-order valence-corrected chi connectivity index (χ1v) is 8.82. The number of hydrogen-bond donors (Lipinski definition) is 1. The number of carbonyl (C=O) groups is 1. The van der Waals surface area contributed by atoms with Crippen molar-refractivity contribution in [1.82, 2.24) is 4.90 Å². The van der Waals surface area contributed by atoms with Gasteiger partial charge in [0.2, 0.25) is 0 Å². The summed E-state index contributed by atoms with van der Waals surface area (Å²) in [6.45, 7) is 0.683. The molecule has 0 amide bonds. The number of benzene rings is 2. The summed E-state index contributed by atoms with van der Waals surface area (Å²) in [6.07, 6.45) is -0.564. The average molecular weight is 389 g/mol. The summed E-state index contributed by atoms with van der Waals surface area (Å²) in [6, 6.07) is 13.9. The van der Waals surface area contributed by atoms with Gasteiger partial charge in [-0.3, -0.25) is 9.69 Å². The fraction of sp³-hybridized carbons (Fsp3) is 0.381. The van der Waals surface area contributed by atoms with Gasteiger partial charge in [-0.15, -0.1) is 0 Å². The molecule has 0 aliphatic rings. The highest BCUT2D eigenvalue weighted by Crippen LogP contribution is 2.33. The molecule has 0 saturated carbocycles. The summed E-state index contributed by atoms with van der Waals surface area (Å²) in [5, 5.41) is 10.0. The van der Waals surface area contributed by atoms with Crippen molar-refractivity contribution in [1.29, 1.82) is 0 Å². The molecule has 0 aliphatic carbocycles. The van der Waals surface area contributed by atoms with E-state index in [9.17, 15) is 9.90 Å². The van der Waals surface area contributed by atoms with Gasteiger partial charge in [0.05, 0.1) is 20.8 Å². The second kappa shape index (κ2) is 10.7. The largest absolute Gasteiger partial charge is 0.493 e. The lowest BCUT2D eigenvalue weighted by Crippen LogP contribution is -2.40. The summed E-state index contributed by atoms with van der Waals surface area (Å²) in [4.78, 5) is 14.1. The lowest BCUT2D eigenvalue weighted by Gasteiger charge is -2.31. The van der Waals surface area contributed by atoms with Gasteiger partial charge in [0, 0.05) is 20.8 Å². The average Bonchev–Trinajstić information content (AvgIpc) is 2.72. The Balaban J connectivity index is 2.43. The zero-order valence-electron chi connectivity index (χ0n) is 16.6. The molecule has 1 atom stereocenters. The second-order valence-electron chi connectivity index (χ2n) is 6.17. The Hall–Kier alpha value is -2.61. The van der Waals surface area contributed by atoms with Gasteiger partial charge in [0.15, 0.2) is 17.8 Å². The fourth-order valence-corrected chi connectivity index (χ4v) is 3.05. The van der Waals surface area contributed by atoms with Crippen LogP contribution < -0.4 is 9.47 Å². The zero-order chi connectivity index (χ0) is 20.5. The minimum atomic E-state index is -0.978. The molecule has 0 spiro atoms.